The van der Waals surface area contributed by atoms with Gasteiger partial charge in [-0.2, -0.15) is 5.26 Å². The van der Waals surface area contributed by atoms with E-state index in [4.69, 9.17) is 5.26 Å². The van der Waals surface area contributed by atoms with E-state index in [0.29, 0.717) is 0 Å². The monoisotopic (exact) mass is 351 g/mol. The van der Waals surface area contributed by atoms with E-state index in [2.05, 4.69) is 53.9 Å². The van der Waals surface area contributed by atoms with Crippen LogP contribution in [0.15, 0.2) is 27.1 Å². The third-order valence-corrected chi connectivity index (χ3v) is 3.96. The third-order valence-electron chi connectivity index (χ3n) is 1.35. The number of halogens is 3. The minimum Gasteiger partial charge on any atom is -0.197 e. The first kappa shape index (κ1) is 10.2. The van der Waals surface area contributed by atoms with Gasteiger partial charge >= 0.3 is 0 Å². The largest absolute Gasteiger partial charge is 0.197 e. The lowest BCUT2D eigenvalue weighted by molar-refractivity contribution is 1.24. The van der Waals surface area contributed by atoms with Crippen molar-refractivity contribution in [3.63, 3.8) is 0 Å². The fourth-order valence-corrected chi connectivity index (χ4v) is 1.67. The average Bonchev–Trinajstić information content (AvgIpc) is 2.08. The van der Waals surface area contributed by atoms with Crippen molar-refractivity contribution in [2.24, 2.45) is 0 Å². The highest BCUT2D eigenvalue weighted by Gasteiger charge is 2.06. The minimum absolute atomic E-state index is 0.234. The Kier molecular flexibility index (Phi) is 3.76. The molecular formula is C8H4Br3N. The van der Waals surface area contributed by atoms with Gasteiger partial charge in [-0.3, -0.25) is 0 Å². The highest BCUT2D eigenvalue weighted by molar-refractivity contribution is 9.13. The normalized spacial score (nSPS) is 12.2. The Morgan fingerprint density at radius 1 is 1.25 bits per heavy atom. The molecule has 0 aliphatic heterocycles. The number of nitrogens with zero attached hydrogens (tertiary/aromatic N) is 1. The van der Waals surface area contributed by atoms with E-state index in [1.807, 2.05) is 18.2 Å². The molecule has 1 rings (SSSR count). The fraction of sp³-hybridized carbons (Fsp3) is 0.125. The summed E-state index contributed by atoms with van der Waals surface area (Å²) < 4.78 is 1.95. The highest BCUT2D eigenvalue weighted by atomic mass is 79.9. The zero-order valence-corrected chi connectivity index (χ0v) is 10.6. The molecule has 0 radical (unpaired) electrons. The predicted octanol–water partition coefficient (Wildman–Crippen LogP) is 4.17. The summed E-state index contributed by atoms with van der Waals surface area (Å²) in [4.78, 5) is -0.234. The second-order valence-electron chi connectivity index (χ2n) is 2.17. The molecule has 4 heteroatoms. The van der Waals surface area contributed by atoms with Crippen LogP contribution in [0.4, 0.5) is 0 Å². The molecule has 1 atom stereocenters. The maximum Gasteiger partial charge on any atom is 0.126 e. The van der Waals surface area contributed by atoms with E-state index in [-0.39, 0.29) is 4.83 Å². The number of alkyl halides is 1. The van der Waals surface area contributed by atoms with Crippen molar-refractivity contribution in [1.29, 1.82) is 5.26 Å². The summed E-state index contributed by atoms with van der Waals surface area (Å²) in [5.41, 5.74) is 0.951. The molecular weight excluding hydrogens is 350 g/mol. The Hall–Kier alpha value is 0.150. The molecule has 0 saturated heterocycles. The van der Waals surface area contributed by atoms with Crippen LogP contribution in [0.2, 0.25) is 0 Å². The predicted molar refractivity (Wildman–Crippen MR) is 59.1 cm³/mol. The van der Waals surface area contributed by atoms with Crippen molar-refractivity contribution in [3.8, 4) is 6.07 Å². The molecule has 0 aromatic heterocycles. The molecule has 12 heavy (non-hydrogen) atoms. The maximum atomic E-state index is 8.62. The molecule has 0 aliphatic rings. The second-order valence-corrected chi connectivity index (χ2v) is 4.79. The first-order chi connectivity index (χ1) is 5.65. The second kappa shape index (κ2) is 4.40. The molecule has 0 amide bonds. The van der Waals surface area contributed by atoms with Crippen LogP contribution in [0.1, 0.15) is 10.4 Å². The van der Waals surface area contributed by atoms with Crippen LogP contribution < -0.4 is 0 Å². The Bertz CT molecular complexity index is 330. The highest BCUT2D eigenvalue weighted by Crippen LogP contribution is 2.29. The van der Waals surface area contributed by atoms with E-state index in [9.17, 15) is 0 Å². The average molecular weight is 354 g/mol. The molecule has 1 nitrogen and oxygen atoms in total. The molecule has 0 spiro atoms. The third kappa shape index (κ3) is 2.32. The summed E-state index contributed by atoms with van der Waals surface area (Å²) in [7, 11) is 0. The lowest BCUT2D eigenvalue weighted by atomic mass is 10.2. The van der Waals surface area contributed by atoms with Gasteiger partial charge in [-0.15, -0.1) is 0 Å². The summed E-state index contributed by atoms with van der Waals surface area (Å²) in [5, 5.41) is 8.62. The summed E-state index contributed by atoms with van der Waals surface area (Å²) in [5.74, 6) is 0. The van der Waals surface area contributed by atoms with E-state index < -0.39 is 0 Å². The molecule has 0 fully saturated rings. The molecule has 0 bridgehead atoms. The van der Waals surface area contributed by atoms with Gasteiger partial charge in [0.1, 0.15) is 4.83 Å². The Morgan fingerprint density at radius 3 is 2.42 bits per heavy atom. The first-order valence-electron chi connectivity index (χ1n) is 3.14. The Labute approximate surface area is 96.2 Å². The zero-order chi connectivity index (χ0) is 9.14. The Morgan fingerprint density at radius 2 is 1.92 bits per heavy atom. The summed E-state index contributed by atoms with van der Waals surface area (Å²) in [6, 6.07) is 7.83. The molecule has 1 unspecified atom stereocenters. The smallest absolute Gasteiger partial charge is 0.126 e. The van der Waals surface area contributed by atoms with Crippen LogP contribution in [0, 0.1) is 11.3 Å². The fourth-order valence-electron chi connectivity index (χ4n) is 0.745. The SMILES string of the molecule is N#CC(Br)c1ccc(Br)c(Br)c1. The van der Waals surface area contributed by atoms with Gasteiger partial charge in [-0.05, 0) is 49.6 Å². The van der Waals surface area contributed by atoms with Gasteiger partial charge in [0.05, 0.1) is 6.07 Å². The van der Waals surface area contributed by atoms with E-state index >= 15 is 0 Å². The van der Waals surface area contributed by atoms with E-state index in [1.54, 1.807) is 0 Å². The zero-order valence-electron chi connectivity index (χ0n) is 5.89. The number of nitriles is 1. The van der Waals surface area contributed by atoms with E-state index in [1.165, 1.54) is 0 Å². The lowest BCUT2D eigenvalue weighted by Crippen LogP contribution is -1.85. The van der Waals surface area contributed by atoms with Crippen molar-refractivity contribution in [3.05, 3.63) is 32.7 Å². The maximum absolute atomic E-state index is 8.62. The van der Waals surface area contributed by atoms with Crippen LogP contribution in [-0.2, 0) is 0 Å². The molecule has 0 aliphatic carbocycles. The van der Waals surface area contributed by atoms with Crippen molar-refractivity contribution >= 4 is 47.8 Å². The summed E-state index contributed by atoms with van der Waals surface area (Å²) in [6.45, 7) is 0. The minimum atomic E-state index is -0.234. The lowest BCUT2D eigenvalue weighted by Gasteiger charge is -2.02. The first-order valence-corrected chi connectivity index (χ1v) is 5.64. The summed E-state index contributed by atoms with van der Waals surface area (Å²) in [6.07, 6.45) is 0. The van der Waals surface area contributed by atoms with Gasteiger partial charge < -0.3 is 0 Å². The molecule has 62 valence electrons. The van der Waals surface area contributed by atoms with Crippen LogP contribution in [0.25, 0.3) is 0 Å². The van der Waals surface area contributed by atoms with Crippen LogP contribution in [0.5, 0.6) is 0 Å². The van der Waals surface area contributed by atoms with Crippen LogP contribution >= 0.6 is 47.8 Å². The molecule has 1 aromatic rings. The molecule has 1 aromatic carbocycles. The number of hydrogen-bond donors (Lipinski definition) is 0. The van der Waals surface area contributed by atoms with Gasteiger partial charge in [0.15, 0.2) is 0 Å². The topological polar surface area (TPSA) is 23.8 Å². The van der Waals surface area contributed by atoms with Gasteiger partial charge in [0, 0.05) is 8.95 Å². The van der Waals surface area contributed by atoms with Crippen molar-refractivity contribution in [2.75, 3.05) is 0 Å². The van der Waals surface area contributed by atoms with Crippen molar-refractivity contribution in [2.45, 2.75) is 4.83 Å². The van der Waals surface area contributed by atoms with Gasteiger partial charge in [0.25, 0.3) is 0 Å². The molecule has 0 heterocycles. The van der Waals surface area contributed by atoms with Gasteiger partial charge in [-0.25, -0.2) is 0 Å². The van der Waals surface area contributed by atoms with Crippen molar-refractivity contribution < 1.29 is 0 Å². The number of rotatable bonds is 1. The van der Waals surface area contributed by atoms with E-state index in [0.717, 1.165) is 14.5 Å². The van der Waals surface area contributed by atoms with Crippen molar-refractivity contribution in [1.82, 2.24) is 0 Å². The number of hydrogen-bond acceptors (Lipinski definition) is 1. The van der Waals surface area contributed by atoms with Crippen LogP contribution in [-0.4, -0.2) is 0 Å². The Balaban J connectivity index is 3.06. The quantitative estimate of drug-likeness (QED) is 0.695. The molecule has 0 N–H and O–H groups in total. The number of benzene rings is 1. The summed E-state index contributed by atoms with van der Waals surface area (Å²) >= 11 is 9.97. The van der Waals surface area contributed by atoms with Crippen LogP contribution in [0.3, 0.4) is 0 Å². The van der Waals surface area contributed by atoms with Gasteiger partial charge in [-0.1, -0.05) is 22.0 Å². The van der Waals surface area contributed by atoms with Gasteiger partial charge in [0.2, 0.25) is 0 Å². The standard InChI is InChI=1S/C8H4Br3N/c9-6-2-1-5(3-7(6)10)8(11)4-12/h1-3,8H. The molecule has 0 saturated carbocycles.